The Morgan fingerprint density at radius 1 is 1.05 bits per heavy atom. The number of nitrogens with two attached hydrogens (primary N) is 1. The van der Waals surface area contributed by atoms with Crippen LogP contribution in [0.4, 0.5) is 24.5 Å². The minimum atomic E-state index is -4.79. The Morgan fingerprint density at radius 2 is 1.58 bits per heavy atom. The Kier molecular flexibility index (Phi) is 3.55. The van der Waals surface area contributed by atoms with Crippen molar-refractivity contribution in [1.82, 2.24) is 4.90 Å². The highest BCUT2D eigenvalue weighted by atomic mass is 19.4. The molecule has 1 aromatic rings. The maximum atomic E-state index is 12.3. The molecule has 4 nitrogen and oxygen atoms in total. The van der Waals surface area contributed by atoms with Gasteiger partial charge in [0.05, 0.1) is 0 Å². The summed E-state index contributed by atoms with van der Waals surface area (Å²) in [5.74, 6) is -1.76. The lowest BCUT2D eigenvalue weighted by molar-refractivity contribution is -0.185. The zero-order chi connectivity index (χ0) is 14.0. The lowest BCUT2D eigenvalue weighted by Crippen LogP contribution is -2.52. The topological polar surface area (TPSA) is 49.6 Å². The summed E-state index contributed by atoms with van der Waals surface area (Å²) in [5.41, 5.74) is 7.10. The fraction of sp³-hybridized carbons (Fsp3) is 0.417. The summed E-state index contributed by atoms with van der Waals surface area (Å²) in [6.45, 7) is 0.906. The van der Waals surface area contributed by atoms with Gasteiger partial charge in [0.1, 0.15) is 0 Å². The molecule has 0 bridgehead atoms. The van der Waals surface area contributed by atoms with E-state index >= 15 is 0 Å². The summed E-state index contributed by atoms with van der Waals surface area (Å²) < 4.78 is 36.8. The van der Waals surface area contributed by atoms with Crippen LogP contribution in [-0.2, 0) is 4.79 Å². The first-order valence-corrected chi connectivity index (χ1v) is 5.84. The summed E-state index contributed by atoms with van der Waals surface area (Å²) in [5, 5.41) is 0. The number of anilines is 2. The van der Waals surface area contributed by atoms with Gasteiger partial charge < -0.3 is 15.5 Å². The fourth-order valence-corrected chi connectivity index (χ4v) is 2.03. The first-order chi connectivity index (χ1) is 8.88. The molecule has 0 unspecified atom stereocenters. The van der Waals surface area contributed by atoms with E-state index in [-0.39, 0.29) is 13.1 Å². The second kappa shape index (κ2) is 4.99. The normalized spacial score (nSPS) is 16.6. The molecule has 7 heteroatoms. The van der Waals surface area contributed by atoms with Gasteiger partial charge >= 0.3 is 12.1 Å². The highest BCUT2D eigenvalue weighted by Gasteiger charge is 2.43. The zero-order valence-electron chi connectivity index (χ0n) is 10.2. The van der Waals surface area contributed by atoms with Crippen molar-refractivity contribution in [3.05, 3.63) is 24.3 Å². The number of halogens is 3. The molecule has 1 amide bonds. The molecule has 0 saturated carbocycles. The van der Waals surface area contributed by atoms with E-state index in [2.05, 4.69) is 0 Å². The van der Waals surface area contributed by atoms with Gasteiger partial charge in [-0.15, -0.1) is 0 Å². The van der Waals surface area contributed by atoms with Crippen molar-refractivity contribution in [3.63, 3.8) is 0 Å². The van der Waals surface area contributed by atoms with Crippen molar-refractivity contribution in [1.29, 1.82) is 0 Å². The number of piperazine rings is 1. The Hall–Kier alpha value is -1.92. The first-order valence-electron chi connectivity index (χ1n) is 5.84. The number of carbonyl (C=O) groups excluding carboxylic acids is 1. The molecule has 0 aromatic heterocycles. The van der Waals surface area contributed by atoms with Crippen molar-refractivity contribution in [2.45, 2.75) is 6.18 Å². The maximum absolute atomic E-state index is 12.3. The van der Waals surface area contributed by atoms with Crippen LogP contribution in [0.5, 0.6) is 0 Å². The number of hydrogen-bond donors (Lipinski definition) is 1. The van der Waals surface area contributed by atoms with Gasteiger partial charge in [-0.1, -0.05) is 0 Å². The molecule has 1 fully saturated rings. The van der Waals surface area contributed by atoms with E-state index in [0.717, 1.165) is 10.6 Å². The van der Waals surface area contributed by atoms with Crippen LogP contribution in [0, 0.1) is 0 Å². The molecule has 0 spiro atoms. The molecule has 2 N–H and O–H groups in total. The van der Waals surface area contributed by atoms with Gasteiger partial charge in [-0.05, 0) is 24.3 Å². The molecule has 0 aliphatic carbocycles. The summed E-state index contributed by atoms with van der Waals surface area (Å²) in [6.07, 6.45) is -4.79. The van der Waals surface area contributed by atoms with Crippen LogP contribution in [0.2, 0.25) is 0 Å². The van der Waals surface area contributed by atoms with Crippen LogP contribution in [0.25, 0.3) is 0 Å². The van der Waals surface area contributed by atoms with Crippen LogP contribution >= 0.6 is 0 Å². The van der Waals surface area contributed by atoms with Crippen molar-refractivity contribution < 1.29 is 18.0 Å². The molecule has 1 aliphatic rings. The second-order valence-corrected chi connectivity index (χ2v) is 4.37. The van der Waals surface area contributed by atoms with Crippen LogP contribution in [-0.4, -0.2) is 43.2 Å². The zero-order valence-corrected chi connectivity index (χ0v) is 10.2. The smallest absolute Gasteiger partial charge is 0.399 e. The third kappa shape index (κ3) is 3.10. The molecular weight excluding hydrogens is 259 g/mol. The summed E-state index contributed by atoms with van der Waals surface area (Å²) >= 11 is 0. The molecule has 1 saturated heterocycles. The largest absolute Gasteiger partial charge is 0.471 e. The predicted molar refractivity (Wildman–Crippen MR) is 65.7 cm³/mol. The van der Waals surface area contributed by atoms with Crippen LogP contribution in [0.15, 0.2) is 24.3 Å². The Morgan fingerprint density at radius 3 is 2.05 bits per heavy atom. The molecule has 19 heavy (non-hydrogen) atoms. The van der Waals surface area contributed by atoms with Crippen molar-refractivity contribution >= 4 is 17.3 Å². The van der Waals surface area contributed by atoms with Gasteiger partial charge in [0, 0.05) is 37.6 Å². The van der Waals surface area contributed by atoms with Gasteiger partial charge in [0.2, 0.25) is 0 Å². The van der Waals surface area contributed by atoms with Crippen LogP contribution in [0.1, 0.15) is 0 Å². The lowest BCUT2D eigenvalue weighted by Gasteiger charge is -2.36. The fourth-order valence-electron chi connectivity index (χ4n) is 2.03. The van der Waals surface area contributed by atoms with Crippen LogP contribution < -0.4 is 10.6 Å². The van der Waals surface area contributed by atoms with Gasteiger partial charge in [-0.25, -0.2) is 0 Å². The first kappa shape index (κ1) is 13.5. The van der Waals surface area contributed by atoms with Gasteiger partial charge in [-0.3, -0.25) is 4.79 Å². The Labute approximate surface area is 108 Å². The van der Waals surface area contributed by atoms with E-state index in [1.165, 1.54) is 0 Å². The number of rotatable bonds is 1. The lowest BCUT2D eigenvalue weighted by atomic mass is 10.2. The molecule has 0 atom stereocenters. The monoisotopic (exact) mass is 273 g/mol. The van der Waals surface area contributed by atoms with Crippen molar-refractivity contribution in [2.75, 3.05) is 36.8 Å². The third-order valence-corrected chi connectivity index (χ3v) is 3.07. The molecule has 0 radical (unpaired) electrons. The summed E-state index contributed by atoms with van der Waals surface area (Å²) in [6, 6.07) is 7.11. The SMILES string of the molecule is Nc1ccc(N2CCN(C(=O)C(F)(F)F)CC2)cc1. The minimum absolute atomic E-state index is 0.0721. The summed E-state index contributed by atoms with van der Waals surface area (Å²) in [7, 11) is 0. The van der Waals surface area contributed by atoms with Gasteiger partial charge in [-0.2, -0.15) is 13.2 Å². The summed E-state index contributed by atoms with van der Waals surface area (Å²) in [4.78, 5) is 13.8. The number of carbonyl (C=O) groups is 1. The number of nitrogens with zero attached hydrogens (tertiary/aromatic N) is 2. The number of hydrogen-bond acceptors (Lipinski definition) is 3. The second-order valence-electron chi connectivity index (χ2n) is 4.37. The van der Waals surface area contributed by atoms with Crippen molar-refractivity contribution in [3.8, 4) is 0 Å². The Bertz CT molecular complexity index is 450. The van der Waals surface area contributed by atoms with E-state index < -0.39 is 12.1 Å². The number of amides is 1. The van der Waals surface area contributed by atoms with Crippen LogP contribution in [0.3, 0.4) is 0 Å². The van der Waals surface area contributed by atoms with Gasteiger partial charge in [0.15, 0.2) is 0 Å². The van der Waals surface area contributed by atoms with E-state index in [9.17, 15) is 18.0 Å². The standard InChI is InChI=1S/C12H14F3N3O/c13-12(14,15)11(19)18-7-5-17(6-8-18)10-3-1-9(16)2-4-10/h1-4H,5-8,16H2. The van der Waals surface area contributed by atoms with E-state index in [1.54, 1.807) is 12.1 Å². The number of alkyl halides is 3. The average molecular weight is 273 g/mol. The number of benzene rings is 1. The Balaban J connectivity index is 1.96. The highest BCUT2D eigenvalue weighted by molar-refractivity contribution is 5.82. The third-order valence-electron chi connectivity index (χ3n) is 3.07. The van der Waals surface area contributed by atoms with E-state index in [1.807, 2.05) is 17.0 Å². The molecular formula is C12H14F3N3O. The predicted octanol–water partition coefficient (Wildman–Crippen LogP) is 1.48. The highest BCUT2D eigenvalue weighted by Crippen LogP contribution is 2.22. The quantitative estimate of drug-likeness (QED) is 0.788. The average Bonchev–Trinajstić information content (AvgIpc) is 2.38. The number of nitrogen functional groups attached to an aromatic ring is 1. The molecule has 2 rings (SSSR count). The molecule has 1 aromatic carbocycles. The minimum Gasteiger partial charge on any atom is -0.399 e. The van der Waals surface area contributed by atoms with Gasteiger partial charge in [0.25, 0.3) is 0 Å². The van der Waals surface area contributed by atoms with E-state index in [0.29, 0.717) is 18.8 Å². The molecule has 1 aliphatic heterocycles. The molecule has 1 heterocycles. The van der Waals surface area contributed by atoms with E-state index in [4.69, 9.17) is 5.73 Å². The maximum Gasteiger partial charge on any atom is 0.471 e. The molecule has 104 valence electrons. The van der Waals surface area contributed by atoms with Crippen molar-refractivity contribution in [2.24, 2.45) is 0 Å².